The molecule has 2 fully saturated rings. The molecule has 2 saturated heterocycles. The molecule has 2 heterocycles. The molecule has 0 radical (unpaired) electrons. The quantitative estimate of drug-likeness (QED) is 0.910. The first kappa shape index (κ1) is 14.1. The zero-order valence-electron chi connectivity index (χ0n) is 11.2. The van der Waals surface area contributed by atoms with Crippen molar-refractivity contribution >= 4 is 21.6 Å². The second-order valence-electron chi connectivity index (χ2n) is 5.30. The maximum absolute atomic E-state index is 12.6. The summed E-state index contributed by atoms with van der Waals surface area (Å²) in [6.45, 7) is 2.98. The van der Waals surface area contributed by atoms with E-state index in [1.165, 1.54) is 13.2 Å². The summed E-state index contributed by atoms with van der Waals surface area (Å²) in [6.07, 6.45) is 0. The molecule has 0 unspecified atom stereocenters. The highest BCUT2D eigenvalue weighted by molar-refractivity contribution is 7.89. The Kier molecular flexibility index (Phi) is 3.66. The molecule has 1 aromatic rings. The van der Waals surface area contributed by atoms with E-state index in [1.807, 2.05) is 0 Å². The SMILES string of the molecule is COc1ccc(S(=O)(=O)N2C[C@H]3CNC[C@H]3C2)cc1Cl. The fourth-order valence-electron chi connectivity index (χ4n) is 2.97. The van der Waals surface area contributed by atoms with Gasteiger partial charge in [-0.15, -0.1) is 0 Å². The molecule has 20 heavy (non-hydrogen) atoms. The van der Waals surface area contributed by atoms with Crippen LogP contribution in [0.4, 0.5) is 0 Å². The highest BCUT2D eigenvalue weighted by Crippen LogP contribution is 2.33. The van der Waals surface area contributed by atoms with Crippen molar-refractivity contribution in [3.05, 3.63) is 23.2 Å². The number of hydrogen-bond acceptors (Lipinski definition) is 4. The minimum Gasteiger partial charge on any atom is -0.495 e. The molecule has 2 aliphatic rings. The number of hydrogen-bond donors (Lipinski definition) is 1. The van der Waals surface area contributed by atoms with Crippen LogP contribution in [0.25, 0.3) is 0 Å². The number of fused-ring (bicyclic) bond motifs is 1. The van der Waals surface area contributed by atoms with E-state index >= 15 is 0 Å². The smallest absolute Gasteiger partial charge is 0.243 e. The van der Waals surface area contributed by atoms with Gasteiger partial charge in [0.2, 0.25) is 10.0 Å². The first-order valence-electron chi connectivity index (χ1n) is 6.57. The molecule has 0 bridgehead atoms. The predicted octanol–water partition coefficient (Wildman–Crippen LogP) is 1.19. The van der Waals surface area contributed by atoms with E-state index in [9.17, 15) is 8.42 Å². The first-order chi connectivity index (χ1) is 9.52. The van der Waals surface area contributed by atoms with Crippen LogP contribution in [-0.2, 0) is 10.0 Å². The third-order valence-electron chi connectivity index (χ3n) is 4.12. The summed E-state index contributed by atoms with van der Waals surface area (Å²) in [5, 5.41) is 3.62. The second-order valence-corrected chi connectivity index (χ2v) is 7.64. The van der Waals surface area contributed by atoms with Gasteiger partial charge in [-0.2, -0.15) is 4.31 Å². The predicted molar refractivity (Wildman–Crippen MR) is 76.6 cm³/mol. The van der Waals surface area contributed by atoms with Crippen molar-refractivity contribution in [1.82, 2.24) is 9.62 Å². The lowest BCUT2D eigenvalue weighted by Gasteiger charge is -2.18. The Hall–Kier alpha value is -0.820. The zero-order valence-corrected chi connectivity index (χ0v) is 12.7. The van der Waals surface area contributed by atoms with Crippen LogP contribution in [0.3, 0.4) is 0 Å². The third kappa shape index (κ3) is 2.30. The van der Waals surface area contributed by atoms with Crippen LogP contribution < -0.4 is 10.1 Å². The third-order valence-corrected chi connectivity index (χ3v) is 6.24. The molecule has 5 nitrogen and oxygen atoms in total. The van der Waals surface area contributed by atoms with Gasteiger partial charge in [-0.05, 0) is 43.1 Å². The van der Waals surface area contributed by atoms with Crippen molar-refractivity contribution in [2.24, 2.45) is 11.8 Å². The van der Waals surface area contributed by atoms with E-state index in [2.05, 4.69) is 5.32 Å². The van der Waals surface area contributed by atoms with Crippen molar-refractivity contribution in [3.8, 4) is 5.75 Å². The van der Waals surface area contributed by atoms with Gasteiger partial charge in [-0.3, -0.25) is 0 Å². The van der Waals surface area contributed by atoms with Gasteiger partial charge in [0.25, 0.3) is 0 Å². The summed E-state index contributed by atoms with van der Waals surface area (Å²) >= 11 is 6.02. The molecule has 0 aliphatic carbocycles. The molecule has 1 aromatic carbocycles. The van der Waals surface area contributed by atoms with Crippen LogP contribution in [0.15, 0.2) is 23.1 Å². The Morgan fingerprint density at radius 3 is 2.50 bits per heavy atom. The van der Waals surface area contributed by atoms with Crippen LogP contribution in [0.5, 0.6) is 5.75 Å². The molecule has 0 saturated carbocycles. The number of ether oxygens (including phenoxy) is 1. The zero-order chi connectivity index (χ0) is 14.3. The van der Waals surface area contributed by atoms with Gasteiger partial charge >= 0.3 is 0 Å². The molecule has 0 amide bonds. The standard InChI is InChI=1S/C13H17ClN2O3S/c1-19-13-3-2-11(4-12(13)14)20(17,18)16-7-9-5-15-6-10(9)8-16/h2-4,9-10,15H,5-8H2,1H3/t9-,10+. The summed E-state index contributed by atoms with van der Waals surface area (Å²) in [5.41, 5.74) is 0. The highest BCUT2D eigenvalue weighted by Gasteiger charge is 2.41. The number of nitrogens with zero attached hydrogens (tertiary/aromatic N) is 1. The average Bonchev–Trinajstić information content (AvgIpc) is 2.99. The van der Waals surface area contributed by atoms with E-state index in [0.717, 1.165) is 13.1 Å². The molecule has 110 valence electrons. The Bertz CT molecular complexity index is 608. The molecule has 7 heteroatoms. The molecular weight excluding hydrogens is 300 g/mol. The minimum absolute atomic E-state index is 0.233. The summed E-state index contributed by atoms with van der Waals surface area (Å²) in [7, 11) is -1.96. The lowest BCUT2D eigenvalue weighted by Crippen LogP contribution is -2.31. The summed E-state index contributed by atoms with van der Waals surface area (Å²) in [4.78, 5) is 0.233. The van der Waals surface area contributed by atoms with Crippen molar-refractivity contribution in [2.75, 3.05) is 33.3 Å². The molecule has 0 spiro atoms. The van der Waals surface area contributed by atoms with Crippen LogP contribution in [-0.4, -0.2) is 46.0 Å². The number of benzene rings is 1. The molecule has 3 rings (SSSR count). The largest absolute Gasteiger partial charge is 0.495 e. The fraction of sp³-hybridized carbons (Fsp3) is 0.538. The van der Waals surface area contributed by atoms with Gasteiger partial charge in [0.05, 0.1) is 17.0 Å². The lowest BCUT2D eigenvalue weighted by atomic mass is 10.0. The number of nitrogens with one attached hydrogen (secondary N) is 1. The topological polar surface area (TPSA) is 58.6 Å². The second kappa shape index (κ2) is 5.18. The number of sulfonamides is 1. The van der Waals surface area contributed by atoms with Crippen LogP contribution in [0.2, 0.25) is 5.02 Å². The number of methoxy groups -OCH3 is 1. The van der Waals surface area contributed by atoms with E-state index < -0.39 is 10.0 Å². The molecule has 0 aromatic heterocycles. The van der Waals surface area contributed by atoms with Gasteiger partial charge in [0.15, 0.2) is 0 Å². The Morgan fingerprint density at radius 1 is 1.30 bits per heavy atom. The van der Waals surface area contributed by atoms with E-state index in [0.29, 0.717) is 35.7 Å². The summed E-state index contributed by atoms with van der Waals surface area (Å²) < 4.78 is 31.9. The first-order valence-corrected chi connectivity index (χ1v) is 8.38. The van der Waals surface area contributed by atoms with Crippen molar-refractivity contribution < 1.29 is 13.2 Å². The maximum atomic E-state index is 12.6. The number of halogens is 1. The van der Waals surface area contributed by atoms with Gasteiger partial charge < -0.3 is 10.1 Å². The van der Waals surface area contributed by atoms with E-state index in [-0.39, 0.29) is 4.90 Å². The minimum atomic E-state index is -3.46. The van der Waals surface area contributed by atoms with Gasteiger partial charge in [0.1, 0.15) is 5.75 Å². The Balaban J connectivity index is 1.87. The summed E-state index contributed by atoms with van der Waals surface area (Å²) in [6, 6.07) is 4.60. The highest BCUT2D eigenvalue weighted by atomic mass is 35.5. The van der Waals surface area contributed by atoms with Gasteiger partial charge in [0, 0.05) is 13.1 Å². The number of rotatable bonds is 3. The normalized spacial score (nSPS) is 26.7. The van der Waals surface area contributed by atoms with Crippen molar-refractivity contribution in [2.45, 2.75) is 4.90 Å². The Morgan fingerprint density at radius 2 is 1.95 bits per heavy atom. The Labute approximate surface area is 123 Å². The van der Waals surface area contributed by atoms with Crippen LogP contribution >= 0.6 is 11.6 Å². The molecule has 1 N–H and O–H groups in total. The van der Waals surface area contributed by atoms with E-state index in [1.54, 1.807) is 16.4 Å². The van der Waals surface area contributed by atoms with Crippen LogP contribution in [0, 0.1) is 11.8 Å². The van der Waals surface area contributed by atoms with Crippen LogP contribution in [0.1, 0.15) is 0 Å². The van der Waals surface area contributed by atoms with Gasteiger partial charge in [-0.25, -0.2) is 8.42 Å². The molecule has 2 atom stereocenters. The maximum Gasteiger partial charge on any atom is 0.243 e. The lowest BCUT2D eigenvalue weighted by molar-refractivity contribution is 0.414. The molecular formula is C13H17ClN2O3S. The van der Waals surface area contributed by atoms with Crippen molar-refractivity contribution in [3.63, 3.8) is 0 Å². The monoisotopic (exact) mass is 316 g/mol. The van der Waals surface area contributed by atoms with Gasteiger partial charge in [-0.1, -0.05) is 11.6 Å². The fourth-order valence-corrected chi connectivity index (χ4v) is 4.87. The van der Waals surface area contributed by atoms with E-state index in [4.69, 9.17) is 16.3 Å². The molecule has 2 aliphatic heterocycles. The van der Waals surface area contributed by atoms with Crippen molar-refractivity contribution in [1.29, 1.82) is 0 Å². The average molecular weight is 317 g/mol. The summed E-state index contributed by atoms with van der Waals surface area (Å²) in [5.74, 6) is 1.34.